The number of carbonyl (C=O) groups is 1. The van der Waals surface area contributed by atoms with Crippen molar-refractivity contribution < 1.29 is 14.1 Å². The third-order valence-corrected chi connectivity index (χ3v) is 5.28. The first-order valence-corrected chi connectivity index (χ1v) is 9.59. The molecule has 8 nitrogen and oxygen atoms in total. The Morgan fingerprint density at radius 3 is 3.22 bits per heavy atom. The van der Waals surface area contributed by atoms with Crippen LogP contribution in [0.3, 0.4) is 0 Å². The molecule has 0 radical (unpaired) electrons. The van der Waals surface area contributed by atoms with Crippen molar-refractivity contribution in [2.75, 3.05) is 20.2 Å². The first-order valence-electron chi connectivity index (χ1n) is 9.59. The van der Waals surface area contributed by atoms with E-state index < -0.39 is 0 Å². The third kappa shape index (κ3) is 3.95. The van der Waals surface area contributed by atoms with Gasteiger partial charge < -0.3 is 19.5 Å². The Labute approximate surface area is 158 Å². The molecule has 2 aliphatic rings. The number of fused-ring (bicyclic) bond motifs is 1. The van der Waals surface area contributed by atoms with Gasteiger partial charge in [0, 0.05) is 62.4 Å². The SMILES string of the molecule is COc1cc(CCC(=O)N2CCCC[C@H]2c2ncc3c(n2)CCNC3)on1. The highest BCUT2D eigenvalue weighted by Crippen LogP contribution is 2.30. The van der Waals surface area contributed by atoms with Crippen LogP contribution >= 0.6 is 0 Å². The summed E-state index contributed by atoms with van der Waals surface area (Å²) in [6.45, 7) is 2.52. The number of nitrogens with one attached hydrogen (secondary N) is 1. The molecule has 1 N–H and O–H groups in total. The van der Waals surface area contributed by atoms with Gasteiger partial charge in [-0.1, -0.05) is 0 Å². The Balaban J connectivity index is 1.46. The maximum absolute atomic E-state index is 12.9. The molecule has 0 bridgehead atoms. The molecular weight excluding hydrogens is 346 g/mol. The van der Waals surface area contributed by atoms with Gasteiger partial charge >= 0.3 is 0 Å². The second kappa shape index (κ2) is 8.04. The van der Waals surface area contributed by atoms with E-state index in [0.717, 1.165) is 62.4 Å². The van der Waals surface area contributed by atoms with Crippen molar-refractivity contribution in [3.8, 4) is 5.88 Å². The summed E-state index contributed by atoms with van der Waals surface area (Å²) in [5.41, 5.74) is 2.28. The monoisotopic (exact) mass is 371 g/mol. The van der Waals surface area contributed by atoms with Gasteiger partial charge in [-0.3, -0.25) is 4.79 Å². The Kier molecular flexibility index (Phi) is 5.33. The molecule has 4 rings (SSSR count). The summed E-state index contributed by atoms with van der Waals surface area (Å²) in [7, 11) is 1.54. The van der Waals surface area contributed by atoms with Crippen molar-refractivity contribution in [3.05, 3.63) is 35.1 Å². The summed E-state index contributed by atoms with van der Waals surface area (Å²) in [6.07, 6.45) is 6.75. The molecule has 2 aromatic heterocycles. The van der Waals surface area contributed by atoms with Crippen molar-refractivity contribution in [1.29, 1.82) is 0 Å². The van der Waals surface area contributed by atoms with Crippen molar-refractivity contribution in [2.45, 2.75) is 51.1 Å². The maximum Gasteiger partial charge on any atom is 0.254 e. The molecule has 8 heteroatoms. The second-order valence-electron chi connectivity index (χ2n) is 7.06. The lowest BCUT2D eigenvalue weighted by atomic mass is 9.99. The Morgan fingerprint density at radius 2 is 2.37 bits per heavy atom. The molecule has 1 fully saturated rings. The summed E-state index contributed by atoms with van der Waals surface area (Å²) in [4.78, 5) is 24.2. The minimum absolute atomic E-state index is 0.0318. The molecule has 1 atom stereocenters. The fraction of sp³-hybridized carbons (Fsp3) is 0.579. The lowest BCUT2D eigenvalue weighted by Gasteiger charge is -2.35. The van der Waals surface area contributed by atoms with Gasteiger partial charge in [-0.25, -0.2) is 9.97 Å². The summed E-state index contributed by atoms with van der Waals surface area (Å²) in [5, 5.41) is 7.12. The average Bonchev–Trinajstić information content (AvgIpc) is 3.20. The average molecular weight is 371 g/mol. The van der Waals surface area contributed by atoms with E-state index >= 15 is 0 Å². The normalized spacial score (nSPS) is 19.6. The number of ether oxygens (including phenoxy) is 1. The number of piperidine rings is 1. The maximum atomic E-state index is 12.9. The lowest BCUT2D eigenvalue weighted by molar-refractivity contribution is -0.135. The number of methoxy groups -OCH3 is 1. The number of hydrogen-bond donors (Lipinski definition) is 1. The van der Waals surface area contributed by atoms with Gasteiger partial charge in [0.2, 0.25) is 5.91 Å². The van der Waals surface area contributed by atoms with E-state index in [1.54, 1.807) is 13.2 Å². The molecule has 0 aliphatic carbocycles. The Bertz CT molecular complexity index is 806. The van der Waals surface area contributed by atoms with E-state index in [2.05, 4.69) is 15.5 Å². The minimum atomic E-state index is -0.0318. The van der Waals surface area contributed by atoms with E-state index in [1.807, 2.05) is 11.1 Å². The quantitative estimate of drug-likeness (QED) is 0.856. The van der Waals surface area contributed by atoms with E-state index in [4.69, 9.17) is 14.2 Å². The molecule has 0 aromatic carbocycles. The summed E-state index contributed by atoms with van der Waals surface area (Å²) >= 11 is 0. The van der Waals surface area contributed by atoms with E-state index in [9.17, 15) is 4.79 Å². The molecule has 144 valence electrons. The van der Waals surface area contributed by atoms with Crippen molar-refractivity contribution >= 4 is 5.91 Å². The number of likely N-dealkylation sites (tertiary alicyclic amines) is 1. The molecule has 1 saturated heterocycles. The van der Waals surface area contributed by atoms with Gasteiger partial charge in [0.25, 0.3) is 5.88 Å². The number of aromatic nitrogens is 3. The van der Waals surface area contributed by atoms with Crippen LogP contribution in [0.15, 0.2) is 16.8 Å². The fourth-order valence-electron chi connectivity index (χ4n) is 3.79. The van der Waals surface area contributed by atoms with E-state index in [1.165, 1.54) is 0 Å². The van der Waals surface area contributed by atoms with Crippen LogP contribution in [-0.4, -0.2) is 46.1 Å². The van der Waals surface area contributed by atoms with Crippen molar-refractivity contribution in [3.63, 3.8) is 0 Å². The van der Waals surface area contributed by atoms with Gasteiger partial charge in [0.05, 0.1) is 13.2 Å². The number of hydrogen-bond acceptors (Lipinski definition) is 7. The smallest absolute Gasteiger partial charge is 0.254 e. The highest BCUT2D eigenvalue weighted by atomic mass is 16.5. The number of aryl methyl sites for hydroxylation is 1. The van der Waals surface area contributed by atoms with Crippen LogP contribution in [0.2, 0.25) is 0 Å². The van der Waals surface area contributed by atoms with Gasteiger partial charge in [0.15, 0.2) is 5.82 Å². The van der Waals surface area contributed by atoms with Crippen LogP contribution in [0.5, 0.6) is 5.88 Å². The Hall–Kier alpha value is -2.48. The van der Waals surface area contributed by atoms with Crippen molar-refractivity contribution in [1.82, 2.24) is 25.3 Å². The summed E-state index contributed by atoms with van der Waals surface area (Å²) in [6, 6.07) is 1.69. The topological polar surface area (TPSA) is 93.4 Å². The standard InChI is InChI=1S/C19H25N5O3/c1-26-17-10-14(27-23-17)5-6-18(25)24-9-3-2-4-16(24)19-21-12-13-11-20-8-7-15(13)22-19/h10,12,16,20H,2-9,11H2,1H3/t16-/m0/s1. The molecule has 0 spiro atoms. The van der Waals surface area contributed by atoms with Crippen LogP contribution in [-0.2, 0) is 24.2 Å². The van der Waals surface area contributed by atoms with Crippen LogP contribution in [0, 0.1) is 0 Å². The molecule has 2 aromatic rings. The first kappa shape index (κ1) is 17.9. The zero-order valence-electron chi connectivity index (χ0n) is 15.6. The van der Waals surface area contributed by atoms with Gasteiger partial charge in [0.1, 0.15) is 5.76 Å². The predicted molar refractivity (Wildman–Crippen MR) is 97.1 cm³/mol. The predicted octanol–water partition coefficient (Wildman–Crippen LogP) is 1.81. The highest BCUT2D eigenvalue weighted by Gasteiger charge is 2.30. The van der Waals surface area contributed by atoms with Crippen molar-refractivity contribution in [2.24, 2.45) is 0 Å². The summed E-state index contributed by atoms with van der Waals surface area (Å²) < 4.78 is 10.2. The molecule has 1 amide bonds. The third-order valence-electron chi connectivity index (χ3n) is 5.28. The molecule has 0 saturated carbocycles. The molecule has 0 unspecified atom stereocenters. The first-order chi connectivity index (χ1) is 13.2. The molecule has 27 heavy (non-hydrogen) atoms. The highest BCUT2D eigenvalue weighted by molar-refractivity contribution is 5.77. The zero-order valence-corrected chi connectivity index (χ0v) is 15.6. The number of rotatable bonds is 5. The molecule has 4 heterocycles. The fourth-order valence-corrected chi connectivity index (χ4v) is 3.79. The number of amides is 1. The van der Waals surface area contributed by atoms with Gasteiger partial charge in [-0.15, -0.1) is 0 Å². The second-order valence-corrected chi connectivity index (χ2v) is 7.06. The zero-order chi connectivity index (χ0) is 18.6. The van der Waals surface area contributed by atoms with Gasteiger partial charge in [-0.2, -0.15) is 0 Å². The summed E-state index contributed by atoms with van der Waals surface area (Å²) in [5.74, 6) is 1.99. The van der Waals surface area contributed by atoms with Crippen LogP contribution < -0.4 is 10.1 Å². The van der Waals surface area contributed by atoms with Crippen LogP contribution in [0.4, 0.5) is 0 Å². The van der Waals surface area contributed by atoms with E-state index in [-0.39, 0.29) is 11.9 Å². The van der Waals surface area contributed by atoms with Crippen LogP contribution in [0.1, 0.15) is 54.6 Å². The largest absolute Gasteiger partial charge is 0.479 e. The molecule has 2 aliphatic heterocycles. The minimum Gasteiger partial charge on any atom is -0.479 e. The van der Waals surface area contributed by atoms with Crippen LogP contribution in [0.25, 0.3) is 0 Å². The number of carbonyl (C=O) groups excluding carboxylic acids is 1. The number of nitrogens with zero attached hydrogens (tertiary/aromatic N) is 4. The van der Waals surface area contributed by atoms with E-state index in [0.29, 0.717) is 24.5 Å². The Morgan fingerprint density at radius 1 is 1.44 bits per heavy atom. The van der Waals surface area contributed by atoms with Gasteiger partial charge in [-0.05, 0) is 24.4 Å². The lowest BCUT2D eigenvalue weighted by Crippen LogP contribution is -2.39. The molecular formula is C19H25N5O3.